The van der Waals surface area contributed by atoms with Crippen LogP contribution in [0.2, 0.25) is 10.0 Å². The minimum atomic E-state index is -0.697. The van der Waals surface area contributed by atoms with Gasteiger partial charge in [0.25, 0.3) is 5.56 Å². The van der Waals surface area contributed by atoms with E-state index < -0.39 is 11.5 Å². The van der Waals surface area contributed by atoms with Gasteiger partial charge in [0.05, 0.1) is 18.8 Å². The predicted molar refractivity (Wildman–Crippen MR) is 131 cm³/mol. The topological polar surface area (TPSA) is 61.2 Å². The maximum absolute atomic E-state index is 13.6. The Hall–Kier alpha value is -3.41. The van der Waals surface area contributed by atoms with Crippen molar-refractivity contribution in [2.24, 2.45) is 0 Å². The van der Waals surface area contributed by atoms with Crippen molar-refractivity contribution in [3.8, 4) is 22.4 Å². The van der Waals surface area contributed by atoms with Gasteiger partial charge in [0, 0.05) is 21.2 Å². The Morgan fingerprint density at radius 2 is 1.58 bits per heavy atom. The van der Waals surface area contributed by atoms with Crippen molar-refractivity contribution >= 4 is 29.2 Å². The van der Waals surface area contributed by atoms with Crippen LogP contribution < -0.4 is 5.56 Å². The maximum Gasteiger partial charge on any atom is 0.344 e. The van der Waals surface area contributed by atoms with Crippen LogP contribution in [0.3, 0.4) is 0 Å². The van der Waals surface area contributed by atoms with E-state index in [0.717, 1.165) is 5.56 Å². The first-order valence-electron chi connectivity index (χ1n) is 10.4. The molecule has 0 amide bonds. The highest BCUT2D eigenvalue weighted by Gasteiger charge is 2.26. The molecule has 0 saturated carbocycles. The summed E-state index contributed by atoms with van der Waals surface area (Å²) in [6.45, 7) is 1.90. The molecule has 1 heterocycles. The largest absolute Gasteiger partial charge is 0.462 e. The lowest BCUT2D eigenvalue weighted by atomic mass is 9.95. The van der Waals surface area contributed by atoms with E-state index in [9.17, 15) is 9.59 Å². The SMILES string of the molecule is CCOC(=O)c1c(-c2ccccc2)c(-c2ccccc2)nn(Cc2ccc(Cl)cc2Cl)c1=O. The summed E-state index contributed by atoms with van der Waals surface area (Å²) in [6, 6.07) is 23.7. The Kier molecular flexibility index (Phi) is 6.92. The zero-order valence-electron chi connectivity index (χ0n) is 17.8. The van der Waals surface area contributed by atoms with Crippen molar-refractivity contribution in [1.82, 2.24) is 9.78 Å². The number of rotatable bonds is 6. The smallest absolute Gasteiger partial charge is 0.344 e. The van der Waals surface area contributed by atoms with Crippen LogP contribution in [0.4, 0.5) is 0 Å². The molecule has 0 radical (unpaired) electrons. The molecule has 4 aromatic rings. The van der Waals surface area contributed by atoms with E-state index in [-0.39, 0.29) is 18.7 Å². The summed E-state index contributed by atoms with van der Waals surface area (Å²) < 4.78 is 6.53. The first-order chi connectivity index (χ1) is 16.0. The van der Waals surface area contributed by atoms with Crippen molar-refractivity contribution in [2.45, 2.75) is 13.5 Å². The van der Waals surface area contributed by atoms with E-state index >= 15 is 0 Å². The third-order valence-electron chi connectivity index (χ3n) is 5.08. The zero-order valence-corrected chi connectivity index (χ0v) is 19.3. The number of hydrogen-bond acceptors (Lipinski definition) is 4. The highest BCUT2D eigenvalue weighted by Crippen LogP contribution is 2.32. The van der Waals surface area contributed by atoms with Crippen molar-refractivity contribution in [1.29, 1.82) is 0 Å². The van der Waals surface area contributed by atoms with E-state index in [2.05, 4.69) is 5.10 Å². The minimum Gasteiger partial charge on any atom is -0.462 e. The quantitative estimate of drug-likeness (QED) is 0.313. The van der Waals surface area contributed by atoms with Crippen LogP contribution in [-0.2, 0) is 11.3 Å². The number of ether oxygens (including phenoxy) is 1. The fourth-order valence-electron chi connectivity index (χ4n) is 3.57. The van der Waals surface area contributed by atoms with Crippen LogP contribution >= 0.6 is 23.2 Å². The molecule has 0 aliphatic rings. The predicted octanol–water partition coefficient (Wildman–Crippen LogP) is 6.11. The normalized spacial score (nSPS) is 10.8. The molecule has 5 nitrogen and oxygen atoms in total. The highest BCUT2D eigenvalue weighted by molar-refractivity contribution is 6.35. The number of carbonyl (C=O) groups is 1. The number of esters is 1. The molecule has 166 valence electrons. The van der Waals surface area contributed by atoms with E-state index in [1.54, 1.807) is 25.1 Å². The summed E-state index contributed by atoms with van der Waals surface area (Å²) in [4.78, 5) is 26.6. The molecule has 0 spiro atoms. The lowest BCUT2D eigenvalue weighted by molar-refractivity contribution is 0.0524. The molecule has 7 heteroatoms. The fourth-order valence-corrected chi connectivity index (χ4v) is 4.03. The van der Waals surface area contributed by atoms with Gasteiger partial charge in [-0.2, -0.15) is 5.10 Å². The Labute approximate surface area is 201 Å². The van der Waals surface area contributed by atoms with Gasteiger partial charge >= 0.3 is 5.97 Å². The number of aromatic nitrogens is 2. The molecule has 0 atom stereocenters. The third kappa shape index (κ3) is 4.85. The molecule has 33 heavy (non-hydrogen) atoms. The number of carbonyl (C=O) groups excluding carboxylic acids is 1. The number of benzene rings is 3. The standard InChI is InChI=1S/C26H20Cl2N2O3/c1-2-33-26(32)23-22(17-9-5-3-6-10-17)24(18-11-7-4-8-12-18)29-30(25(23)31)16-19-13-14-20(27)15-21(19)28/h3-15H,2,16H2,1H3. The minimum absolute atomic E-state index is 0.0656. The van der Waals surface area contributed by atoms with Gasteiger partial charge in [0.15, 0.2) is 0 Å². The molecule has 1 aromatic heterocycles. The second-order valence-corrected chi connectivity index (χ2v) is 8.09. The molecule has 0 aliphatic heterocycles. The fraction of sp³-hybridized carbons (Fsp3) is 0.115. The second-order valence-electron chi connectivity index (χ2n) is 7.25. The molecule has 0 bridgehead atoms. The summed E-state index contributed by atoms with van der Waals surface area (Å²) in [6.07, 6.45) is 0. The van der Waals surface area contributed by atoms with E-state index in [1.165, 1.54) is 4.68 Å². The summed E-state index contributed by atoms with van der Waals surface area (Å²) in [5.41, 5.74) is 2.41. The van der Waals surface area contributed by atoms with Gasteiger partial charge in [-0.25, -0.2) is 9.48 Å². The summed E-state index contributed by atoms with van der Waals surface area (Å²) in [5, 5.41) is 5.58. The second kappa shape index (κ2) is 10.0. The van der Waals surface area contributed by atoms with Crippen LogP contribution in [0, 0.1) is 0 Å². The molecular weight excluding hydrogens is 459 g/mol. The van der Waals surface area contributed by atoms with Gasteiger partial charge in [0.2, 0.25) is 0 Å². The molecule has 0 aliphatic carbocycles. The third-order valence-corrected chi connectivity index (χ3v) is 5.67. The number of nitrogens with zero attached hydrogens (tertiary/aromatic N) is 2. The van der Waals surface area contributed by atoms with Gasteiger partial charge < -0.3 is 4.74 Å². The molecule has 0 saturated heterocycles. The van der Waals surface area contributed by atoms with Crippen molar-refractivity contribution in [3.63, 3.8) is 0 Å². The molecule has 0 unspecified atom stereocenters. The Morgan fingerprint density at radius 3 is 2.18 bits per heavy atom. The molecular formula is C26H20Cl2N2O3. The van der Waals surface area contributed by atoms with E-state index in [0.29, 0.717) is 32.4 Å². The average Bonchev–Trinajstić information content (AvgIpc) is 2.82. The van der Waals surface area contributed by atoms with Crippen molar-refractivity contribution in [3.05, 3.63) is 110 Å². The summed E-state index contributed by atoms with van der Waals surface area (Å²) >= 11 is 12.4. The monoisotopic (exact) mass is 478 g/mol. The maximum atomic E-state index is 13.6. The molecule has 0 fully saturated rings. The summed E-state index contributed by atoms with van der Waals surface area (Å²) in [7, 11) is 0. The first kappa shape index (κ1) is 22.8. The van der Waals surface area contributed by atoms with Gasteiger partial charge in [-0.1, -0.05) is 89.9 Å². The van der Waals surface area contributed by atoms with Gasteiger partial charge in [0.1, 0.15) is 5.56 Å². The van der Waals surface area contributed by atoms with Crippen molar-refractivity contribution in [2.75, 3.05) is 6.61 Å². The van der Waals surface area contributed by atoms with Crippen LogP contribution in [0.25, 0.3) is 22.4 Å². The Morgan fingerprint density at radius 1 is 0.939 bits per heavy atom. The van der Waals surface area contributed by atoms with E-state index in [1.807, 2.05) is 60.7 Å². The average molecular weight is 479 g/mol. The van der Waals surface area contributed by atoms with Crippen LogP contribution in [0.15, 0.2) is 83.7 Å². The van der Waals surface area contributed by atoms with Crippen LogP contribution in [-0.4, -0.2) is 22.4 Å². The Balaban J connectivity index is 2.02. The zero-order chi connectivity index (χ0) is 23.4. The molecule has 0 N–H and O–H groups in total. The van der Waals surface area contributed by atoms with Crippen LogP contribution in [0.5, 0.6) is 0 Å². The first-order valence-corrected chi connectivity index (χ1v) is 11.1. The lowest BCUT2D eigenvalue weighted by Crippen LogP contribution is -2.31. The van der Waals surface area contributed by atoms with E-state index in [4.69, 9.17) is 27.9 Å². The summed E-state index contributed by atoms with van der Waals surface area (Å²) in [5.74, 6) is -0.697. The van der Waals surface area contributed by atoms with Gasteiger partial charge in [-0.15, -0.1) is 0 Å². The number of hydrogen-bond donors (Lipinski definition) is 0. The molecule has 4 rings (SSSR count). The van der Waals surface area contributed by atoms with Crippen molar-refractivity contribution < 1.29 is 9.53 Å². The van der Waals surface area contributed by atoms with Gasteiger partial charge in [-0.05, 0) is 30.2 Å². The molecule has 3 aromatic carbocycles. The highest BCUT2D eigenvalue weighted by atomic mass is 35.5. The van der Waals surface area contributed by atoms with Gasteiger partial charge in [-0.3, -0.25) is 4.79 Å². The lowest BCUT2D eigenvalue weighted by Gasteiger charge is -2.17. The Bertz CT molecular complexity index is 1350. The van der Waals surface area contributed by atoms with Crippen LogP contribution in [0.1, 0.15) is 22.8 Å². The number of halogens is 2.